The summed E-state index contributed by atoms with van der Waals surface area (Å²) in [5.41, 5.74) is -2.15. The Kier molecular flexibility index (Phi) is 3.62. The van der Waals surface area contributed by atoms with Gasteiger partial charge in [-0.2, -0.15) is 4.39 Å². The minimum absolute atomic E-state index is 0.0117. The number of amides is 1. The van der Waals surface area contributed by atoms with Gasteiger partial charge < -0.3 is 10.0 Å². The topological polar surface area (TPSA) is 53.4 Å². The third kappa shape index (κ3) is 2.49. The molecule has 1 N–H and O–H groups in total. The van der Waals surface area contributed by atoms with Gasteiger partial charge in [-0.1, -0.05) is 18.5 Å². The highest BCUT2D eigenvalue weighted by Crippen LogP contribution is 2.42. The zero-order chi connectivity index (χ0) is 14.2. The van der Waals surface area contributed by atoms with Crippen molar-refractivity contribution < 1.29 is 18.7 Å². The molecule has 0 aromatic carbocycles. The SMILES string of the molecule is C[C@H]1CN(C(=O)O)CC[C@]1(F)c1cc(Cl)cnc1F. The molecule has 1 aliphatic rings. The maximum absolute atomic E-state index is 15.0. The smallest absolute Gasteiger partial charge is 0.407 e. The van der Waals surface area contributed by atoms with Gasteiger partial charge in [-0.05, 0) is 6.07 Å². The van der Waals surface area contributed by atoms with Crippen molar-refractivity contribution in [2.75, 3.05) is 13.1 Å². The summed E-state index contributed by atoms with van der Waals surface area (Å²) in [6.45, 7) is 1.58. The molecular formula is C12H13ClF2N2O2. The fourth-order valence-electron chi connectivity index (χ4n) is 2.40. The molecule has 0 radical (unpaired) electrons. The van der Waals surface area contributed by atoms with Gasteiger partial charge in [0.1, 0.15) is 5.67 Å². The molecule has 2 rings (SSSR count). The first-order valence-electron chi connectivity index (χ1n) is 5.83. The number of pyridine rings is 1. The van der Waals surface area contributed by atoms with Crippen LogP contribution in [0.3, 0.4) is 0 Å². The van der Waals surface area contributed by atoms with Crippen molar-refractivity contribution in [1.82, 2.24) is 9.88 Å². The van der Waals surface area contributed by atoms with Crippen LogP contribution in [0.5, 0.6) is 0 Å². The summed E-state index contributed by atoms with van der Waals surface area (Å²) in [7, 11) is 0. The highest BCUT2D eigenvalue weighted by Gasteiger charge is 2.45. The van der Waals surface area contributed by atoms with Crippen molar-refractivity contribution in [1.29, 1.82) is 0 Å². The number of carboxylic acid groups (broad SMARTS) is 1. The minimum atomic E-state index is -1.95. The molecule has 1 saturated heterocycles. The number of carbonyl (C=O) groups is 1. The van der Waals surface area contributed by atoms with E-state index in [9.17, 15) is 9.18 Å². The van der Waals surface area contributed by atoms with Crippen molar-refractivity contribution in [3.8, 4) is 0 Å². The summed E-state index contributed by atoms with van der Waals surface area (Å²) in [5.74, 6) is -1.57. The molecule has 1 amide bonds. The zero-order valence-electron chi connectivity index (χ0n) is 10.2. The lowest BCUT2D eigenvalue weighted by Crippen LogP contribution is -2.48. The number of hydrogen-bond donors (Lipinski definition) is 1. The van der Waals surface area contributed by atoms with Crippen molar-refractivity contribution >= 4 is 17.7 Å². The number of nitrogens with zero attached hydrogens (tertiary/aromatic N) is 2. The fraction of sp³-hybridized carbons (Fsp3) is 0.500. The highest BCUT2D eigenvalue weighted by atomic mass is 35.5. The number of piperidine rings is 1. The monoisotopic (exact) mass is 290 g/mol. The molecule has 7 heteroatoms. The van der Waals surface area contributed by atoms with Gasteiger partial charge in [0, 0.05) is 37.2 Å². The molecule has 0 spiro atoms. The van der Waals surface area contributed by atoms with Crippen LogP contribution in [0.4, 0.5) is 13.6 Å². The van der Waals surface area contributed by atoms with Gasteiger partial charge in [-0.3, -0.25) is 0 Å². The molecule has 2 atom stereocenters. The summed E-state index contributed by atoms with van der Waals surface area (Å²) < 4.78 is 28.7. The Morgan fingerprint density at radius 2 is 2.37 bits per heavy atom. The van der Waals surface area contributed by atoms with E-state index in [1.54, 1.807) is 6.92 Å². The van der Waals surface area contributed by atoms with Gasteiger partial charge in [0.05, 0.1) is 5.02 Å². The Balaban J connectivity index is 2.33. The number of alkyl halides is 1. The first-order chi connectivity index (χ1) is 8.84. The quantitative estimate of drug-likeness (QED) is 0.809. The Morgan fingerprint density at radius 3 is 2.95 bits per heavy atom. The maximum atomic E-state index is 15.0. The van der Waals surface area contributed by atoms with Crippen LogP contribution in [-0.2, 0) is 5.67 Å². The predicted octanol–water partition coefficient (Wildman–Crippen LogP) is 3.06. The highest BCUT2D eigenvalue weighted by molar-refractivity contribution is 6.30. The molecule has 0 unspecified atom stereocenters. The molecule has 1 aromatic rings. The first-order valence-corrected chi connectivity index (χ1v) is 6.20. The van der Waals surface area contributed by atoms with E-state index in [1.807, 2.05) is 0 Å². The number of halogens is 3. The average molecular weight is 291 g/mol. The van der Waals surface area contributed by atoms with E-state index in [0.717, 1.165) is 11.1 Å². The van der Waals surface area contributed by atoms with Crippen LogP contribution < -0.4 is 0 Å². The first kappa shape index (κ1) is 14.0. The molecule has 19 heavy (non-hydrogen) atoms. The lowest BCUT2D eigenvalue weighted by molar-refractivity contribution is 0.00353. The lowest BCUT2D eigenvalue weighted by Gasteiger charge is -2.40. The standard InChI is InChI=1S/C12H13ClF2N2O2/c1-7-6-17(11(18)19)3-2-12(7,15)9-4-8(13)5-16-10(9)14/h4-5,7H,2-3,6H2,1H3,(H,18,19)/t7-,12+/m0/s1. The summed E-state index contributed by atoms with van der Waals surface area (Å²) in [4.78, 5) is 15.4. The van der Waals surface area contributed by atoms with Crippen LogP contribution in [0.1, 0.15) is 18.9 Å². The van der Waals surface area contributed by atoms with E-state index in [4.69, 9.17) is 16.7 Å². The summed E-state index contributed by atoms with van der Waals surface area (Å²) in [5, 5.41) is 9.05. The normalized spacial score (nSPS) is 27.4. The Labute approximate surface area is 114 Å². The summed E-state index contributed by atoms with van der Waals surface area (Å²) >= 11 is 5.72. The zero-order valence-corrected chi connectivity index (χ0v) is 11.0. The molecule has 0 aliphatic carbocycles. The second-order valence-corrected chi connectivity index (χ2v) is 5.17. The fourth-order valence-corrected chi connectivity index (χ4v) is 2.56. The molecule has 0 bridgehead atoms. The summed E-state index contributed by atoms with van der Waals surface area (Å²) in [6, 6.07) is 1.22. The second-order valence-electron chi connectivity index (χ2n) is 4.73. The van der Waals surface area contributed by atoms with E-state index in [2.05, 4.69) is 4.98 Å². The van der Waals surface area contributed by atoms with Crippen LogP contribution in [0.2, 0.25) is 5.02 Å². The lowest BCUT2D eigenvalue weighted by atomic mass is 9.79. The van der Waals surface area contributed by atoms with Crippen LogP contribution in [0.15, 0.2) is 12.3 Å². The van der Waals surface area contributed by atoms with Crippen molar-refractivity contribution in [3.05, 3.63) is 28.8 Å². The van der Waals surface area contributed by atoms with Gasteiger partial charge in [0.15, 0.2) is 0 Å². The van der Waals surface area contributed by atoms with Gasteiger partial charge in [0.2, 0.25) is 5.95 Å². The maximum Gasteiger partial charge on any atom is 0.407 e. The van der Waals surface area contributed by atoms with E-state index in [0.29, 0.717) is 0 Å². The number of aromatic nitrogens is 1. The molecule has 1 fully saturated rings. The summed E-state index contributed by atoms with van der Waals surface area (Å²) in [6.07, 6.45) is -0.0983. The Bertz CT molecular complexity index is 515. The molecule has 1 aromatic heterocycles. The molecule has 4 nitrogen and oxygen atoms in total. The number of rotatable bonds is 1. The molecule has 0 saturated carbocycles. The molecule has 1 aliphatic heterocycles. The van der Waals surface area contributed by atoms with Crippen molar-refractivity contribution in [3.63, 3.8) is 0 Å². The van der Waals surface area contributed by atoms with Gasteiger partial charge in [-0.15, -0.1) is 0 Å². The third-order valence-electron chi connectivity index (χ3n) is 3.54. The average Bonchev–Trinajstić information content (AvgIpc) is 2.35. The second kappa shape index (κ2) is 4.92. The van der Waals surface area contributed by atoms with E-state index < -0.39 is 23.6 Å². The number of hydrogen-bond acceptors (Lipinski definition) is 2. The Hall–Kier alpha value is -1.43. The van der Waals surface area contributed by atoms with Crippen molar-refractivity contribution in [2.45, 2.75) is 19.0 Å². The largest absolute Gasteiger partial charge is 0.465 e. The van der Waals surface area contributed by atoms with E-state index >= 15 is 4.39 Å². The van der Waals surface area contributed by atoms with Crippen LogP contribution in [0.25, 0.3) is 0 Å². The minimum Gasteiger partial charge on any atom is -0.465 e. The van der Waals surface area contributed by atoms with Crippen LogP contribution in [0, 0.1) is 11.9 Å². The van der Waals surface area contributed by atoms with Gasteiger partial charge in [-0.25, -0.2) is 14.2 Å². The third-order valence-corrected chi connectivity index (χ3v) is 3.75. The van der Waals surface area contributed by atoms with Crippen LogP contribution >= 0.6 is 11.6 Å². The van der Waals surface area contributed by atoms with E-state index in [-0.39, 0.29) is 30.1 Å². The molecular weight excluding hydrogens is 278 g/mol. The van der Waals surface area contributed by atoms with Crippen LogP contribution in [-0.4, -0.2) is 34.2 Å². The Morgan fingerprint density at radius 1 is 1.68 bits per heavy atom. The molecule has 104 valence electrons. The van der Waals surface area contributed by atoms with E-state index in [1.165, 1.54) is 6.07 Å². The predicted molar refractivity (Wildman–Crippen MR) is 65.4 cm³/mol. The van der Waals surface area contributed by atoms with Crippen molar-refractivity contribution in [2.24, 2.45) is 5.92 Å². The van der Waals surface area contributed by atoms with Gasteiger partial charge >= 0.3 is 6.09 Å². The number of likely N-dealkylation sites (tertiary alicyclic amines) is 1. The van der Waals surface area contributed by atoms with Gasteiger partial charge in [0.25, 0.3) is 0 Å². The molecule has 2 heterocycles.